The molecule has 2 fully saturated rings. The van der Waals surface area contributed by atoms with Crippen molar-refractivity contribution in [2.24, 2.45) is 11.8 Å². The highest BCUT2D eigenvalue weighted by Crippen LogP contribution is 2.52. The fourth-order valence-corrected chi connectivity index (χ4v) is 5.16. The summed E-state index contributed by atoms with van der Waals surface area (Å²) in [6.07, 6.45) is 3.83. The molecule has 0 unspecified atom stereocenters. The molecule has 33 heavy (non-hydrogen) atoms. The minimum atomic E-state index is -0.893. The van der Waals surface area contributed by atoms with Gasteiger partial charge in [-0.25, -0.2) is 4.39 Å². The third kappa shape index (κ3) is 3.45. The van der Waals surface area contributed by atoms with Gasteiger partial charge in [0, 0.05) is 6.54 Å². The van der Waals surface area contributed by atoms with Crippen molar-refractivity contribution >= 4 is 17.5 Å². The van der Waals surface area contributed by atoms with Crippen molar-refractivity contribution in [3.05, 3.63) is 66.0 Å². The molecule has 3 aliphatic heterocycles. The summed E-state index contributed by atoms with van der Waals surface area (Å²) in [5.41, 5.74) is 0.297. The van der Waals surface area contributed by atoms with Gasteiger partial charge in [-0.3, -0.25) is 9.59 Å². The van der Waals surface area contributed by atoms with E-state index in [0.717, 1.165) is 5.56 Å². The van der Waals surface area contributed by atoms with Gasteiger partial charge >= 0.3 is 0 Å². The molecule has 1 spiro atoms. The summed E-state index contributed by atoms with van der Waals surface area (Å²) >= 11 is 0. The minimum Gasteiger partial charge on any atom is -0.493 e. The topological polar surface area (TPSA) is 77.1 Å². The first kappa shape index (κ1) is 21.5. The van der Waals surface area contributed by atoms with E-state index in [1.807, 2.05) is 30.4 Å². The number of methoxy groups -OCH3 is 2. The first-order valence-corrected chi connectivity index (χ1v) is 10.9. The summed E-state index contributed by atoms with van der Waals surface area (Å²) in [4.78, 5) is 27.8. The van der Waals surface area contributed by atoms with E-state index in [4.69, 9.17) is 14.2 Å². The monoisotopic (exact) mass is 452 g/mol. The van der Waals surface area contributed by atoms with Gasteiger partial charge in [-0.2, -0.15) is 0 Å². The number of carbonyl (C=O) groups is 2. The van der Waals surface area contributed by atoms with Crippen LogP contribution in [0.2, 0.25) is 0 Å². The molecule has 2 amide bonds. The van der Waals surface area contributed by atoms with Gasteiger partial charge in [-0.15, -0.1) is 0 Å². The Balaban J connectivity index is 1.28. The third-order valence-corrected chi connectivity index (χ3v) is 6.71. The van der Waals surface area contributed by atoms with Crippen LogP contribution in [0.25, 0.3) is 0 Å². The number of anilines is 1. The molecule has 3 aliphatic rings. The van der Waals surface area contributed by atoms with E-state index in [9.17, 15) is 14.0 Å². The number of hydrogen-bond donors (Lipinski definition) is 1. The second kappa shape index (κ2) is 8.19. The van der Waals surface area contributed by atoms with Crippen LogP contribution in [0.3, 0.4) is 0 Å². The summed E-state index contributed by atoms with van der Waals surface area (Å²) in [5, 5.41) is 2.95. The molecule has 0 aromatic heterocycles. The number of ether oxygens (including phenoxy) is 3. The van der Waals surface area contributed by atoms with E-state index in [0.29, 0.717) is 24.5 Å². The zero-order valence-corrected chi connectivity index (χ0v) is 18.4. The molecule has 5 rings (SSSR count). The van der Waals surface area contributed by atoms with Crippen LogP contribution >= 0.6 is 0 Å². The number of benzene rings is 2. The van der Waals surface area contributed by atoms with Gasteiger partial charge in [0.25, 0.3) is 0 Å². The van der Waals surface area contributed by atoms with Crippen LogP contribution < -0.4 is 19.7 Å². The van der Waals surface area contributed by atoms with Crippen LogP contribution in [0, 0.1) is 17.7 Å². The Bertz CT molecular complexity index is 1140. The smallest absolute Gasteiger partial charge is 0.234 e. The molecule has 2 saturated heterocycles. The minimum absolute atomic E-state index is 0.194. The molecule has 2 aromatic carbocycles. The molecule has 8 heteroatoms. The van der Waals surface area contributed by atoms with Gasteiger partial charge < -0.3 is 24.4 Å². The van der Waals surface area contributed by atoms with E-state index >= 15 is 0 Å². The second-order valence-electron chi connectivity index (χ2n) is 8.51. The highest BCUT2D eigenvalue weighted by Gasteiger charge is 2.67. The second-order valence-corrected chi connectivity index (χ2v) is 8.51. The molecule has 4 atom stereocenters. The normalized spacial score (nSPS) is 27.1. The van der Waals surface area contributed by atoms with Gasteiger partial charge in [-0.05, 0) is 36.2 Å². The Morgan fingerprint density at radius 3 is 2.76 bits per heavy atom. The number of para-hydroxylation sites is 1. The molecule has 172 valence electrons. The standard InChI is InChI=1S/C25H25FN2O5/c1-31-18-8-7-15(13-20(18)32-2)10-12-27-23(29)21-19-9-11-25(33-19)14-28(24(30)22(21)25)17-6-4-3-5-16(17)26/h3-9,11,13,19,21-22H,10,12,14H2,1-2H3,(H,27,29)/t19-,21+,22-,25-/m1/s1. The largest absolute Gasteiger partial charge is 0.493 e. The lowest BCUT2D eigenvalue weighted by Gasteiger charge is -2.23. The molecular formula is C25H25FN2O5. The molecule has 2 bridgehead atoms. The third-order valence-electron chi connectivity index (χ3n) is 6.71. The Morgan fingerprint density at radius 2 is 2.00 bits per heavy atom. The van der Waals surface area contributed by atoms with Crippen LogP contribution in [-0.4, -0.2) is 50.8 Å². The summed E-state index contributed by atoms with van der Waals surface area (Å²) < 4.78 is 31.1. The maximum Gasteiger partial charge on any atom is 0.234 e. The van der Waals surface area contributed by atoms with Crippen molar-refractivity contribution in [2.45, 2.75) is 18.1 Å². The molecule has 3 heterocycles. The highest BCUT2D eigenvalue weighted by atomic mass is 19.1. The average Bonchev–Trinajstić information content (AvgIpc) is 3.47. The maximum atomic E-state index is 14.4. The molecule has 0 aliphatic carbocycles. The summed E-state index contributed by atoms with van der Waals surface area (Å²) in [6.45, 7) is 0.589. The molecule has 0 saturated carbocycles. The Kier molecular flexibility index (Phi) is 5.32. The summed E-state index contributed by atoms with van der Waals surface area (Å²) in [7, 11) is 3.15. The molecule has 7 nitrogen and oxygen atoms in total. The molecule has 2 aromatic rings. The fourth-order valence-electron chi connectivity index (χ4n) is 5.16. The highest BCUT2D eigenvalue weighted by molar-refractivity contribution is 6.03. The van der Waals surface area contributed by atoms with Crippen LogP contribution in [0.15, 0.2) is 54.6 Å². The number of nitrogens with one attached hydrogen (secondary N) is 1. The number of fused-ring (bicyclic) bond motifs is 1. The van der Waals surface area contributed by atoms with Gasteiger partial charge in [0.2, 0.25) is 11.8 Å². The zero-order valence-electron chi connectivity index (χ0n) is 18.4. The van der Waals surface area contributed by atoms with Crippen LogP contribution in [0.4, 0.5) is 10.1 Å². The van der Waals surface area contributed by atoms with Gasteiger partial charge in [0.1, 0.15) is 11.4 Å². The van der Waals surface area contributed by atoms with Crippen molar-refractivity contribution in [3.63, 3.8) is 0 Å². The fraction of sp³-hybridized carbons (Fsp3) is 0.360. The lowest BCUT2D eigenvalue weighted by Crippen LogP contribution is -2.44. The van der Waals surface area contributed by atoms with Crippen molar-refractivity contribution in [1.82, 2.24) is 5.32 Å². The van der Waals surface area contributed by atoms with E-state index in [1.165, 1.54) is 11.0 Å². The summed E-state index contributed by atoms with van der Waals surface area (Å²) in [6, 6.07) is 11.8. The predicted octanol–water partition coefficient (Wildman–Crippen LogP) is 2.49. The summed E-state index contributed by atoms with van der Waals surface area (Å²) in [5.74, 6) is -1.05. The number of halogens is 1. The van der Waals surface area contributed by atoms with E-state index in [1.54, 1.807) is 32.4 Å². The number of hydrogen-bond acceptors (Lipinski definition) is 5. The average molecular weight is 452 g/mol. The van der Waals surface area contributed by atoms with Crippen LogP contribution in [0.1, 0.15) is 5.56 Å². The van der Waals surface area contributed by atoms with Gasteiger partial charge in [0.15, 0.2) is 11.5 Å². The Labute approximate surface area is 191 Å². The van der Waals surface area contributed by atoms with E-state index in [2.05, 4.69) is 5.32 Å². The SMILES string of the molecule is COc1ccc(CCNC(=O)[C@H]2[C@H]3C=C[C@]4(CN(c5ccccc5F)C(=O)[C@@H]24)O3)cc1OC. The van der Waals surface area contributed by atoms with E-state index < -0.39 is 29.4 Å². The lowest BCUT2D eigenvalue weighted by atomic mass is 9.77. The van der Waals surface area contributed by atoms with Crippen molar-refractivity contribution in [1.29, 1.82) is 0 Å². The van der Waals surface area contributed by atoms with Gasteiger partial charge in [0.05, 0.1) is 44.4 Å². The molecule has 1 N–H and O–H groups in total. The van der Waals surface area contributed by atoms with Crippen molar-refractivity contribution in [2.75, 3.05) is 32.2 Å². The number of nitrogens with zero attached hydrogens (tertiary/aromatic N) is 1. The number of amides is 2. The van der Waals surface area contributed by atoms with Crippen molar-refractivity contribution in [3.8, 4) is 11.5 Å². The Hall–Kier alpha value is -3.39. The molecule has 0 radical (unpaired) electrons. The number of rotatable bonds is 7. The number of carbonyl (C=O) groups excluding carboxylic acids is 2. The van der Waals surface area contributed by atoms with Crippen LogP contribution in [-0.2, 0) is 20.7 Å². The van der Waals surface area contributed by atoms with Crippen molar-refractivity contribution < 1.29 is 28.2 Å². The van der Waals surface area contributed by atoms with Crippen LogP contribution in [0.5, 0.6) is 11.5 Å². The first-order chi connectivity index (χ1) is 16.0. The quantitative estimate of drug-likeness (QED) is 0.654. The zero-order chi connectivity index (χ0) is 23.2. The van der Waals surface area contributed by atoms with Gasteiger partial charge in [-0.1, -0.05) is 30.4 Å². The Morgan fingerprint density at radius 1 is 1.21 bits per heavy atom. The first-order valence-electron chi connectivity index (χ1n) is 10.9. The van der Waals surface area contributed by atoms with E-state index in [-0.39, 0.29) is 24.0 Å². The maximum absolute atomic E-state index is 14.4. The molecular weight excluding hydrogens is 427 g/mol. The predicted molar refractivity (Wildman–Crippen MR) is 119 cm³/mol. The lowest BCUT2D eigenvalue weighted by molar-refractivity contribution is -0.131.